The Labute approximate surface area is 172 Å². The number of rotatable bonds is 2. The molecule has 2 amide bonds. The summed E-state index contributed by atoms with van der Waals surface area (Å²) in [7, 11) is 0. The van der Waals surface area contributed by atoms with E-state index in [1.165, 1.54) is 30.6 Å². The van der Waals surface area contributed by atoms with Gasteiger partial charge in [0.1, 0.15) is 11.4 Å². The number of carbonyl (C=O) groups excluding carboxylic acids is 2. The molecule has 0 fully saturated rings. The predicted octanol–water partition coefficient (Wildman–Crippen LogP) is 3.59. The maximum Gasteiger partial charge on any atom is 0.426 e. The van der Waals surface area contributed by atoms with Gasteiger partial charge in [-0.2, -0.15) is 0 Å². The number of hydrogen-bond donors (Lipinski definition) is 2. The Hall–Kier alpha value is -3.99. The summed E-state index contributed by atoms with van der Waals surface area (Å²) in [6.07, 6.45) is 7.47. The van der Waals surface area contributed by atoms with E-state index < -0.39 is 23.4 Å². The summed E-state index contributed by atoms with van der Waals surface area (Å²) in [5, 5.41) is 0.463. The van der Waals surface area contributed by atoms with Crippen LogP contribution in [0.4, 0.5) is 9.18 Å². The number of ether oxygens (including phenoxy) is 1. The Morgan fingerprint density at radius 3 is 2.60 bits per heavy atom. The molecule has 2 aromatic heterocycles. The van der Waals surface area contributed by atoms with Crippen LogP contribution in [-0.4, -0.2) is 27.6 Å². The Kier molecular flexibility index (Phi) is 5.65. The van der Waals surface area contributed by atoms with Crippen LogP contribution < -0.4 is 10.9 Å². The molecule has 152 valence electrons. The molecule has 0 saturated carbocycles. The van der Waals surface area contributed by atoms with Crippen LogP contribution in [0.2, 0.25) is 0 Å². The zero-order valence-corrected chi connectivity index (χ0v) is 16.6. The number of nitrogens with one attached hydrogen (secondary N) is 2. The molecule has 0 saturated heterocycles. The summed E-state index contributed by atoms with van der Waals surface area (Å²) in [5.41, 5.74) is 5.39. The number of fused-ring (bicyclic) bond motifs is 1. The first kappa shape index (κ1) is 20.7. The number of amides is 2. The van der Waals surface area contributed by atoms with Crippen molar-refractivity contribution >= 4 is 22.9 Å². The fourth-order valence-electron chi connectivity index (χ4n) is 2.67. The molecule has 8 heteroatoms. The van der Waals surface area contributed by atoms with Crippen LogP contribution in [0.5, 0.6) is 0 Å². The van der Waals surface area contributed by atoms with Crippen molar-refractivity contribution in [1.29, 1.82) is 0 Å². The highest BCUT2D eigenvalue weighted by molar-refractivity contribution is 6.07. The van der Waals surface area contributed by atoms with Gasteiger partial charge >= 0.3 is 6.09 Å². The summed E-state index contributed by atoms with van der Waals surface area (Å²) in [4.78, 5) is 33.1. The Morgan fingerprint density at radius 2 is 1.93 bits per heavy atom. The topological polar surface area (TPSA) is 93.2 Å². The highest BCUT2D eigenvalue weighted by Crippen LogP contribution is 2.25. The largest absolute Gasteiger partial charge is 0.443 e. The third kappa shape index (κ3) is 4.70. The molecule has 0 aliphatic rings. The van der Waals surface area contributed by atoms with E-state index in [0.717, 1.165) is 0 Å². The van der Waals surface area contributed by atoms with Crippen LogP contribution in [0.1, 0.15) is 36.7 Å². The predicted molar refractivity (Wildman–Crippen MR) is 110 cm³/mol. The lowest BCUT2D eigenvalue weighted by atomic mass is 10.0. The zero-order valence-electron chi connectivity index (χ0n) is 16.6. The average Bonchev–Trinajstić information content (AvgIpc) is 2.69. The van der Waals surface area contributed by atoms with Gasteiger partial charge in [-0.15, -0.1) is 6.42 Å². The number of terminal acetylenes is 1. The summed E-state index contributed by atoms with van der Waals surface area (Å²) < 4.78 is 19.2. The van der Waals surface area contributed by atoms with Crippen molar-refractivity contribution in [1.82, 2.24) is 20.8 Å². The van der Waals surface area contributed by atoms with Crippen molar-refractivity contribution < 1.29 is 18.7 Å². The monoisotopic (exact) mass is 406 g/mol. The van der Waals surface area contributed by atoms with Crippen LogP contribution in [0.15, 0.2) is 42.7 Å². The fourth-order valence-corrected chi connectivity index (χ4v) is 2.67. The van der Waals surface area contributed by atoms with Crippen molar-refractivity contribution in [2.75, 3.05) is 0 Å². The molecule has 7 nitrogen and oxygen atoms in total. The molecule has 0 aliphatic carbocycles. The molecule has 3 aromatic rings. The van der Waals surface area contributed by atoms with Gasteiger partial charge in [-0.3, -0.25) is 15.2 Å². The van der Waals surface area contributed by atoms with Gasteiger partial charge in [0.05, 0.1) is 22.3 Å². The Bertz CT molecular complexity index is 1180. The molecule has 0 unspecified atom stereocenters. The molecule has 2 N–H and O–H groups in total. The lowest BCUT2D eigenvalue weighted by molar-refractivity contribution is 0.0483. The third-order valence-corrected chi connectivity index (χ3v) is 3.95. The van der Waals surface area contributed by atoms with Gasteiger partial charge in [0.25, 0.3) is 5.91 Å². The molecule has 0 aliphatic heterocycles. The van der Waals surface area contributed by atoms with Crippen molar-refractivity contribution in [3.63, 3.8) is 0 Å². The normalized spacial score (nSPS) is 10.9. The van der Waals surface area contributed by atoms with Crippen molar-refractivity contribution in [2.24, 2.45) is 0 Å². The van der Waals surface area contributed by atoms with Crippen LogP contribution >= 0.6 is 0 Å². The summed E-state index contributed by atoms with van der Waals surface area (Å²) in [6, 6.07) is 7.45. The van der Waals surface area contributed by atoms with Gasteiger partial charge < -0.3 is 4.74 Å². The van der Waals surface area contributed by atoms with Gasteiger partial charge in [0, 0.05) is 23.3 Å². The van der Waals surface area contributed by atoms with Gasteiger partial charge in [0.15, 0.2) is 0 Å². The molecule has 30 heavy (non-hydrogen) atoms. The first-order chi connectivity index (χ1) is 14.2. The van der Waals surface area contributed by atoms with E-state index in [1.54, 1.807) is 32.9 Å². The summed E-state index contributed by atoms with van der Waals surface area (Å²) in [6.45, 7) is 5.11. The molecule has 1 aromatic carbocycles. The van der Waals surface area contributed by atoms with Crippen LogP contribution in [0.3, 0.4) is 0 Å². The van der Waals surface area contributed by atoms with Crippen LogP contribution in [0.25, 0.3) is 22.2 Å². The minimum Gasteiger partial charge on any atom is -0.443 e. The fraction of sp³-hybridized carbons (Fsp3) is 0.182. The molecule has 0 spiro atoms. The number of pyridine rings is 2. The number of hydrazine groups is 1. The Morgan fingerprint density at radius 1 is 1.17 bits per heavy atom. The van der Waals surface area contributed by atoms with Crippen molar-refractivity contribution in [3.8, 4) is 23.6 Å². The average molecular weight is 406 g/mol. The maximum absolute atomic E-state index is 14.1. The maximum atomic E-state index is 14.1. The SMILES string of the molecule is C#Cc1ccc(-c2cc(C(=O)NNC(=O)OC(C)(C)C)c3cnccc3n2)cc1F. The van der Waals surface area contributed by atoms with E-state index in [2.05, 4.69) is 26.7 Å². The number of aromatic nitrogens is 2. The van der Waals surface area contributed by atoms with Gasteiger partial charge in [-0.05, 0) is 45.0 Å². The third-order valence-electron chi connectivity index (χ3n) is 3.95. The van der Waals surface area contributed by atoms with Crippen LogP contribution in [0, 0.1) is 18.2 Å². The first-order valence-electron chi connectivity index (χ1n) is 8.98. The van der Waals surface area contributed by atoms with E-state index in [1.807, 2.05) is 0 Å². The second-order valence-corrected chi connectivity index (χ2v) is 7.37. The molecule has 0 bridgehead atoms. The number of nitrogens with zero attached hydrogens (tertiary/aromatic N) is 2. The van der Waals surface area contributed by atoms with Gasteiger partial charge in [0.2, 0.25) is 0 Å². The molecule has 2 heterocycles. The minimum atomic E-state index is -0.806. The number of carbonyl (C=O) groups is 2. The van der Waals surface area contributed by atoms with Crippen molar-refractivity contribution in [2.45, 2.75) is 26.4 Å². The summed E-state index contributed by atoms with van der Waals surface area (Å²) >= 11 is 0. The van der Waals surface area contributed by atoms with Crippen molar-refractivity contribution in [3.05, 3.63) is 59.7 Å². The van der Waals surface area contributed by atoms with Gasteiger partial charge in [-0.1, -0.05) is 12.0 Å². The van der Waals surface area contributed by atoms with E-state index in [-0.39, 0.29) is 11.1 Å². The molecule has 0 atom stereocenters. The molecular weight excluding hydrogens is 387 g/mol. The first-order valence-corrected chi connectivity index (χ1v) is 8.98. The second kappa shape index (κ2) is 8.17. The van der Waals surface area contributed by atoms with E-state index in [4.69, 9.17) is 11.2 Å². The lowest BCUT2D eigenvalue weighted by Gasteiger charge is -2.19. The number of benzene rings is 1. The smallest absolute Gasteiger partial charge is 0.426 e. The standard InChI is InChI=1S/C22H19FN4O3/c1-5-13-6-7-14(10-17(13)23)19-11-15(16-12-24-9-8-18(16)25-19)20(28)26-27-21(29)30-22(2,3)4/h1,6-12H,2-4H3,(H,26,28)(H,27,29). The van der Waals surface area contributed by atoms with E-state index in [0.29, 0.717) is 22.2 Å². The van der Waals surface area contributed by atoms with E-state index >= 15 is 0 Å². The highest BCUT2D eigenvalue weighted by atomic mass is 19.1. The second-order valence-electron chi connectivity index (χ2n) is 7.37. The molecule has 0 radical (unpaired) electrons. The molecular formula is C22H19FN4O3. The van der Waals surface area contributed by atoms with Gasteiger partial charge in [-0.25, -0.2) is 19.6 Å². The van der Waals surface area contributed by atoms with Crippen LogP contribution in [-0.2, 0) is 4.74 Å². The zero-order chi connectivity index (χ0) is 21.9. The lowest BCUT2D eigenvalue weighted by Crippen LogP contribution is -2.44. The molecule has 3 rings (SSSR count). The highest BCUT2D eigenvalue weighted by Gasteiger charge is 2.19. The summed E-state index contributed by atoms with van der Waals surface area (Å²) in [5.74, 6) is 1.08. The number of hydrogen-bond acceptors (Lipinski definition) is 5. The van der Waals surface area contributed by atoms with E-state index in [9.17, 15) is 14.0 Å². The quantitative estimate of drug-likeness (QED) is 0.501. The minimum absolute atomic E-state index is 0.128. The Balaban J connectivity index is 1.96. The number of halogens is 1.